The Morgan fingerprint density at radius 2 is 1.84 bits per heavy atom. The highest BCUT2D eigenvalue weighted by Crippen LogP contribution is 2.18. The van der Waals surface area contributed by atoms with E-state index in [0.29, 0.717) is 45.3 Å². The first-order valence-corrected chi connectivity index (χ1v) is 10.4. The van der Waals surface area contributed by atoms with Crippen LogP contribution >= 0.6 is 0 Å². The summed E-state index contributed by atoms with van der Waals surface area (Å²) in [7, 11) is 0. The zero-order chi connectivity index (χ0) is 22.6. The van der Waals surface area contributed by atoms with Crippen molar-refractivity contribution >= 4 is 23.9 Å². The number of hydrogen-bond donors (Lipinski definition) is 4. The Bertz CT molecular complexity index is 749. The lowest BCUT2D eigenvalue weighted by molar-refractivity contribution is -0.140. The fraction of sp³-hybridized carbons (Fsp3) is 0.524. The van der Waals surface area contributed by atoms with E-state index in [1.165, 1.54) is 0 Å². The number of alkyl carbamates (subject to hydrolysis) is 1. The molecule has 0 spiro atoms. The minimum atomic E-state index is -1.31. The lowest BCUT2D eigenvalue weighted by Crippen LogP contribution is -2.50. The molecule has 1 aromatic rings. The average molecular weight is 434 g/mol. The average Bonchev–Trinajstić information content (AvgIpc) is 2.79. The summed E-state index contributed by atoms with van der Waals surface area (Å²) in [5, 5.41) is 14.2. The molecule has 2 rings (SSSR count). The quantitative estimate of drug-likeness (QED) is 0.417. The Hall–Kier alpha value is -3.14. The lowest BCUT2D eigenvalue weighted by atomic mass is 9.95. The highest BCUT2D eigenvalue weighted by molar-refractivity contribution is 5.83. The summed E-state index contributed by atoms with van der Waals surface area (Å²) in [6.45, 7) is 1.17. The first-order chi connectivity index (χ1) is 14.9. The van der Waals surface area contributed by atoms with Crippen LogP contribution in [0.25, 0.3) is 0 Å². The van der Waals surface area contributed by atoms with Gasteiger partial charge in [-0.1, -0.05) is 30.3 Å². The van der Waals surface area contributed by atoms with Crippen molar-refractivity contribution in [2.24, 2.45) is 11.7 Å². The third kappa shape index (κ3) is 8.25. The number of nitrogens with zero attached hydrogens (tertiary/aromatic N) is 1. The van der Waals surface area contributed by atoms with Crippen LogP contribution in [0.4, 0.5) is 4.79 Å². The number of amides is 3. The fourth-order valence-corrected chi connectivity index (χ4v) is 3.26. The second-order valence-electron chi connectivity index (χ2n) is 7.39. The molecular formula is C21H30N4O6. The molecule has 1 unspecified atom stereocenters. The molecule has 10 nitrogen and oxygen atoms in total. The van der Waals surface area contributed by atoms with E-state index >= 15 is 0 Å². The monoisotopic (exact) mass is 434 g/mol. The third-order valence-electron chi connectivity index (χ3n) is 5.10. The summed E-state index contributed by atoms with van der Waals surface area (Å²) in [4.78, 5) is 49.5. The summed E-state index contributed by atoms with van der Waals surface area (Å²) in [6.07, 6.45) is 1.17. The van der Waals surface area contributed by atoms with Gasteiger partial charge in [0, 0.05) is 32.0 Å². The molecule has 1 aliphatic heterocycles. The van der Waals surface area contributed by atoms with Crippen LogP contribution in [0.1, 0.15) is 31.2 Å². The van der Waals surface area contributed by atoms with Gasteiger partial charge in [0.15, 0.2) is 0 Å². The molecule has 0 saturated carbocycles. The van der Waals surface area contributed by atoms with E-state index in [1.807, 2.05) is 6.07 Å². The van der Waals surface area contributed by atoms with E-state index in [4.69, 9.17) is 10.5 Å². The van der Waals surface area contributed by atoms with E-state index in [9.17, 15) is 24.3 Å². The number of carboxylic acid groups (broad SMARTS) is 1. The Balaban J connectivity index is 1.73. The van der Waals surface area contributed by atoms with Crippen molar-refractivity contribution in [1.29, 1.82) is 0 Å². The number of ether oxygens (including phenoxy) is 1. The zero-order valence-corrected chi connectivity index (χ0v) is 17.4. The molecule has 1 fully saturated rings. The molecule has 0 radical (unpaired) electrons. The Kier molecular flexibility index (Phi) is 9.76. The minimum absolute atomic E-state index is 0.00788. The number of rotatable bonds is 10. The van der Waals surface area contributed by atoms with Crippen LogP contribution in [0.3, 0.4) is 0 Å². The topological polar surface area (TPSA) is 151 Å². The second-order valence-corrected chi connectivity index (χ2v) is 7.39. The van der Waals surface area contributed by atoms with Crippen molar-refractivity contribution in [1.82, 2.24) is 15.5 Å². The van der Waals surface area contributed by atoms with Crippen molar-refractivity contribution in [3.63, 3.8) is 0 Å². The zero-order valence-electron chi connectivity index (χ0n) is 17.4. The molecular weight excluding hydrogens is 404 g/mol. The van der Waals surface area contributed by atoms with Crippen molar-refractivity contribution in [3.8, 4) is 0 Å². The van der Waals surface area contributed by atoms with Crippen molar-refractivity contribution in [2.75, 3.05) is 26.2 Å². The number of benzene rings is 1. The molecule has 1 heterocycles. The number of nitrogens with two attached hydrogens (primary N) is 1. The van der Waals surface area contributed by atoms with Gasteiger partial charge in [-0.3, -0.25) is 9.59 Å². The molecule has 1 saturated heterocycles. The Morgan fingerprint density at radius 1 is 1.16 bits per heavy atom. The van der Waals surface area contributed by atoms with Crippen molar-refractivity contribution in [3.05, 3.63) is 35.9 Å². The molecule has 0 aromatic heterocycles. The molecule has 5 N–H and O–H groups in total. The molecule has 0 aliphatic carbocycles. The van der Waals surface area contributed by atoms with Crippen LogP contribution in [0.5, 0.6) is 0 Å². The smallest absolute Gasteiger partial charge is 0.408 e. The number of carbonyl (C=O) groups is 4. The number of hydrogen-bond acceptors (Lipinski definition) is 6. The van der Waals surface area contributed by atoms with Gasteiger partial charge in [0.2, 0.25) is 11.8 Å². The van der Waals surface area contributed by atoms with Crippen LogP contribution in [-0.2, 0) is 25.7 Å². The van der Waals surface area contributed by atoms with Gasteiger partial charge in [-0.05, 0) is 31.4 Å². The largest absolute Gasteiger partial charge is 0.480 e. The number of piperidine rings is 1. The molecule has 1 aromatic carbocycles. The number of aliphatic carboxylic acids is 1. The lowest BCUT2D eigenvalue weighted by Gasteiger charge is -2.31. The van der Waals surface area contributed by atoms with E-state index in [0.717, 1.165) is 5.56 Å². The summed E-state index contributed by atoms with van der Waals surface area (Å²) < 4.78 is 5.02. The van der Waals surface area contributed by atoms with Gasteiger partial charge in [-0.25, -0.2) is 9.59 Å². The summed E-state index contributed by atoms with van der Waals surface area (Å²) in [5.74, 6) is -1.84. The number of carboxylic acids is 1. The SMILES string of the molecule is NCCCC(=O)N1CCC(C(=O)NCC(NC(=O)OCc2ccccc2)C(=O)O)CC1. The molecule has 1 atom stereocenters. The predicted molar refractivity (Wildman–Crippen MR) is 112 cm³/mol. The number of carbonyl (C=O) groups excluding carboxylic acids is 3. The third-order valence-corrected chi connectivity index (χ3v) is 5.10. The summed E-state index contributed by atoms with van der Waals surface area (Å²) in [6, 6.07) is 7.67. The van der Waals surface area contributed by atoms with Crippen LogP contribution < -0.4 is 16.4 Å². The summed E-state index contributed by atoms with van der Waals surface area (Å²) in [5.41, 5.74) is 6.19. The molecule has 170 valence electrons. The van der Waals surface area contributed by atoms with Crippen molar-refractivity contribution < 1.29 is 29.0 Å². The standard InChI is InChI=1S/C21H30N4O6/c22-10-4-7-18(26)25-11-8-16(9-12-25)19(27)23-13-17(20(28)29)24-21(30)31-14-15-5-2-1-3-6-15/h1-3,5-6,16-17H,4,7-14,22H2,(H,23,27)(H,24,30)(H,28,29). The highest BCUT2D eigenvalue weighted by atomic mass is 16.5. The highest BCUT2D eigenvalue weighted by Gasteiger charge is 2.28. The maximum absolute atomic E-state index is 12.4. The first kappa shape index (κ1) is 24.1. The first-order valence-electron chi connectivity index (χ1n) is 10.4. The van der Waals surface area contributed by atoms with Crippen LogP contribution in [-0.4, -0.2) is 66.1 Å². The minimum Gasteiger partial charge on any atom is -0.480 e. The maximum atomic E-state index is 12.4. The molecule has 1 aliphatic rings. The summed E-state index contributed by atoms with van der Waals surface area (Å²) >= 11 is 0. The molecule has 0 bridgehead atoms. The van der Waals surface area contributed by atoms with Gasteiger partial charge in [0.1, 0.15) is 12.6 Å². The fourth-order valence-electron chi connectivity index (χ4n) is 3.26. The van der Waals surface area contributed by atoms with Crippen LogP contribution in [0.15, 0.2) is 30.3 Å². The van der Waals surface area contributed by atoms with Crippen molar-refractivity contribution in [2.45, 2.75) is 38.3 Å². The Morgan fingerprint density at radius 3 is 2.45 bits per heavy atom. The molecule has 31 heavy (non-hydrogen) atoms. The maximum Gasteiger partial charge on any atom is 0.408 e. The van der Waals surface area contributed by atoms with Gasteiger partial charge in [0.05, 0.1) is 0 Å². The molecule has 10 heteroatoms. The second kappa shape index (κ2) is 12.5. The van der Waals surface area contributed by atoms with Crippen LogP contribution in [0.2, 0.25) is 0 Å². The molecule has 3 amide bonds. The van der Waals surface area contributed by atoms with Gasteiger partial charge >= 0.3 is 12.1 Å². The number of nitrogens with one attached hydrogen (secondary N) is 2. The van der Waals surface area contributed by atoms with Gasteiger partial charge in [0.25, 0.3) is 0 Å². The van der Waals surface area contributed by atoms with Gasteiger partial charge in [-0.2, -0.15) is 0 Å². The van der Waals surface area contributed by atoms with Crippen LogP contribution in [0, 0.1) is 5.92 Å². The Labute approximate surface area is 181 Å². The van der Waals surface area contributed by atoms with Gasteiger partial charge in [-0.15, -0.1) is 0 Å². The van der Waals surface area contributed by atoms with E-state index in [1.54, 1.807) is 29.2 Å². The van der Waals surface area contributed by atoms with E-state index in [2.05, 4.69) is 10.6 Å². The van der Waals surface area contributed by atoms with E-state index in [-0.39, 0.29) is 30.9 Å². The predicted octanol–water partition coefficient (Wildman–Crippen LogP) is 0.460. The van der Waals surface area contributed by atoms with E-state index < -0.39 is 18.1 Å². The number of likely N-dealkylation sites (tertiary alicyclic amines) is 1. The normalized spacial score (nSPS) is 15.1. The van der Waals surface area contributed by atoms with Gasteiger partial charge < -0.3 is 31.1 Å².